The summed E-state index contributed by atoms with van der Waals surface area (Å²) in [5, 5.41) is 6.65. The second kappa shape index (κ2) is 7.91. The third kappa shape index (κ3) is 3.66. The highest BCUT2D eigenvalue weighted by molar-refractivity contribution is 6.08. The Morgan fingerprint density at radius 1 is 1.10 bits per heavy atom. The number of hydrogen-bond acceptors (Lipinski definition) is 4. The van der Waals surface area contributed by atoms with Gasteiger partial charge in [-0.3, -0.25) is 9.59 Å². The topological polar surface area (TPSA) is 75.4 Å². The van der Waals surface area contributed by atoms with Gasteiger partial charge in [-0.15, -0.1) is 0 Å². The molecule has 148 valence electrons. The van der Waals surface area contributed by atoms with Crippen LogP contribution in [0.15, 0.2) is 71.4 Å². The van der Waals surface area contributed by atoms with Crippen LogP contribution in [0.25, 0.3) is 0 Å². The summed E-state index contributed by atoms with van der Waals surface area (Å²) in [5.41, 5.74) is 2.89. The van der Waals surface area contributed by atoms with E-state index in [2.05, 4.69) is 10.5 Å². The van der Waals surface area contributed by atoms with Crippen molar-refractivity contribution >= 4 is 17.5 Å². The smallest absolute Gasteiger partial charge is 0.237 e. The van der Waals surface area contributed by atoms with Crippen LogP contribution in [-0.2, 0) is 28.0 Å². The molecule has 3 aromatic rings. The fraction of sp³-hybridized carbons (Fsp3) is 0.261. The molecule has 1 aliphatic rings. The van der Waals surface area contributed by atoms with E-state index in [-0.39, 0.29) is 18.2 Å². The van der Waals surface area contributed by atoms with Gasteiger partial charge in [0.05, 0.1) is 12.0 Å². The van der Waals surface area contributed by atoms with Crippen molar-refractivity contribution < 1.29 is 14.1 Å². The Balaban J connectivity index is 1.58. The number of nitrogens with zero attached hydrogens (tertiary/aromatic N) is 2. The largest absolute Gasteiger partial charge is 0.364 e. The molecule has 1 unspecified atom stereocenters. The molecule has 2 amide bonds. The highest BCUT2D eigenvalue weighted by Gasteiger charge is 2.49. The first-order chi connectivity index (χ1) is 14.1. The maximum Gasteiger partial charge on any atom is 0.237 e. The van der Waals surface area contributed by atoms with E-state index < -0.39 is 5.41 Å². The van der Waals surface area contributed by atoms with E-state index in [1.54, 1.807) is 18.0 Å². The second-order valence-corrected chi connectivity index (χ2v) is 7.39. The van der Waals surface area contributed by atoms with Gasteiger partial charge in [0.15, 0.2) is 0 Å². The average Bonchev–Trinajstić information content (AvgIpc) is 3.34. The zero-order chi connectivity index (χ0) is 20.3. The third-order valence-electron chi connectivity index (χ3n) is 5.58. The molecule has 0 saturated carbocycles. The monoisotopic (exact) mass is 389 g/mol. The fourth-order valence-corrected chi connectivity index (χ4v) is 4.09. The van der Waals surface area contributed by atoms with Gasteiger partial charge in [-0.05, 0) is 30.0 Å². The quantitative estimate of drug-likeness (QED) is 0.673. The van der Waals surface area contributed by atoms with Gasteiger partial charge < -0.3 is 14.7 Å². The van der Waals surface area contributed by atoms with Gasteiger partial charge in [0.1, 0.15) is 12.0 Å². The van der Waals surface area contributed by atoms with Crippen molar-refractivity contribution in [1.82, 2.24) is 10.5 Å². The SMILES string of the molecule is CN1C(=O)C(CCC(=O)NCc2ccon2)(Cc2ccccc2)c2ccccc21. The number of carbonyl (C=O) groups excluding carboxylic acids is 2. The number of likely N-dealkylation sites (N-methyl/N-ethyl adjacent to an activating group) is 1. The van der Waals surface area contributed by atoms with Crippen molar-refractivity contribution in [3.63, 3.8) is 0 Å². The van der Waals surface area contributed by atoms with Gasteiger partial charge in [0.2, 0.25) is 11.8 Å². The van der Waals surface area contributed by atoms with Crippen LogP contribution < -0.4 is 10.2 Å². The number of amides is 2. The van der Waals surface area contributed by atoms with E-state index in [0.717, 1.165) is 16.8 Å². The van der Waals surface area contributed by atoms with E-state index in [9.17, 15) is 9.59 Å². The van der Waals surface area contributed by atoms with Crippen LogP contribution in [0.3, 0.4) is 0 Å². The van der Waals surface area contributed by atoms with Crippen LogP contribution in [0.2, 0.25) is 0 Å². The molecule has 0 aliphatic carbocycles. The Morgan fingerprint density at radius 3 is 2.62 bits per heavy atom. The molecule has 6 heteroatoms. The Kier molecular flexibility index (Phi) is 5.16. The molecule has 1 N–H and O–H groups in total. The van der Waals surface area contributed by atoms with Crippen LogP contribution in [0, 0.1) is 0 Å². The van der Waals surface area contributed by atoms with Crippen LogP contribution in [0.1, 0.15) is 29.7 Å². The molecule has 2 aromatic carbocycles. The minimum Gasteiger partial charge on any atom is -0.364 e. The maximum atomic E-state index is 13.4. The van der Waals surface area contributed by atoms with Crippen LogP contribution in [0.4, 0.5) is 5.69 Å². The summed E-state index contributed by atoms with van der Waals surface area (Å²) in [6.45, 7) is 0.311. The molecule has 29 heavy (non-hydrogen) atoms. The number of nitrogens with one attached hydrogen (secondary N) is 1. The van der Waals surface area contributed by atoms with Gasteiger partial charge in [0.25, 0.3) is 0 Å². The second-order valence-electron chi connectivity index (χ2n) is 7.39. The lowest BCUT2D eigenvalue weighted by molar-refractivity contribution is -0.124. The number of benzene rings is 2. The predicted molar refractivity (Wildman–Crippen MR) is 109 cm³/mol. The molecule has 0 spiro atoms. The van der Waals surface area contributed by atoms with Crippen LogP contribution in [0.5, 0.6) is 0 Å². The summed E-state index contributed by atoms with van der Waals surface area (Å²) < 4.78 is 4.78. The number of fused-ring (bicyclic) bond motifs is 1. The summed E-state index contributed by atoms with van der Waals surface area (Å²) in [6, 6.07) is 19.5. The van der Waals surface area contributed by atoms with Crippen molar-refractivity contribution in [3.8, 4) is 0 Å². The molecule has 0 saturated heterocycles. The summed E-state index contributed by atoms with van der Waals surface area (Å²) >= 11 is 0. The van der Waals surface area contributed by atoms with E-state index in [1.165, 1.54) is 6.26 Å². The van der Waals surface area contributed by atoms with E-state index in [4.69, 9.17) is 4.52 Å². The molecule has 4 rings (SSSR count). The first-order valence-electron chi connectivity index (χ1n) is 9.68. The molecule has 1 aliphatic heterocycles. The first kappa shape index (κ1) is 18.9. The predicted octanol–water partition coefficient (Wildman–Crippen LogP) is 3.23. The van der Waals surface area contributed by atoms with E-state index in [1.807, 2.05) is 54.6 Å². The van der Waals surface area contributed by atoms with Crippen LogP contribution in [-0.4, -0.2) is 24.0 Å². The molecule has 0 radical (unpaired) electrons. The summed E-state index contributed by atoms with van der Waals surface area (Å²) in [4.78, 5) is 27.6. The first-order valence-corrected chi connectivity index (χ1v) is 9.68. The Morgan fingerprint density at radius 2 is 1.86 bits per heavy atom. The van der Waals surface area contributed by atoms with Crippen LogP contribution >= 0.6 is 0 Å². The number of aromatic nitrogens is 1. The number of hydrogen-bond donors (Lipinski definition) is 1. The molecule has 0 bridgehead atoms. The Labute approximate surface area is 169 Å². The van der Waals surface area contributed by atoms with Gasteiger partial charge in [-0.2, -0.15) is 0 Å². The number of anilines is 1. The lowest BCUT2D eigenvalue weighted by atomic mass is 9.73. The van der Waals surface area contributed by atoms with Crippen molar-refractivity contribution in [2.45, 2.75) is 31.2 Å². The molecular formula is C23H23N3O3. The zero-order valence-electron chi connectivity index (χ0n) is 16.3. The van der Waals surface area contributed by atoms with Crippen molar-refractivity contribution in [3.05, 3.63) is 83.7 Å². The number of rotatable bonds is 7. The Hall–Kier alpha value is -3.41. The molecular weight excluding hydrogens is 366 g/mol. The molecule has 1 atom stereocenters. The van der Waals surface area contributed by atoms with Crippen molar-refractivity contribution in [2.24, 2.45) is 0 Å². The van der Waals surface area contributed by atoms with E-state index >= 15 is 0 Å². The minimum absolute atomic E-state index is 0.0341. The molecule has 1 aromatic heterocycles. The standard InChI is InChI=1S/C23H23N3O3/c1-26-20-10-6-5-9-19(20)23(22(26)28,15-17-7-3-2-4-8-17)13-11-21(27)24-16-18-12-14-29-25-18/h2-10,12,14H,11,13,15-16H2,1H3,(H,24,27). The molecule has 6 nitrogen and oxygen atoms in total. The zero-order valence-corrected chi connectivity index (χ0v) is 16.3. The lowest BCUT2D eigenvalue weighted by Gasteiger charge is -2.28. The maximum absolute atomic E-state index is 13.4. The van der Waals surface area contributed by atoms with Crippen molar-refractivity contribution in [2.75, 3.05) is 11.9 Å². The molecule has 0 fully saturated rings. The van der Waals surface area contributed by atoms with Gasteiger partial charge >= 0.3 is 0 Å². The summed E-state index contributed by atoms with van der Waals surface area (Å²) in [7, 11) is 1.80. The lowest BCUT2D eigenvalue weighted by Crippen LogP contribution is -2.41. The van der Waals surface area contributed by atoms with Gasteiger partial charge in [-0.1, -0.05) is 53.7 Å². The number of carbonyl (C=O) groups is 2. The third-order valence-corrected chi connectivity index (χ3v) is 5.58. The van der Waals surface area contributed by atoms with Gasteiger partial charge in [-0.25, -0.2) is 0 Å². The highest BCUT2D eigenvalue weighted by atomic mass is 16.5. The van der Waals surface area contributed by atoms with E-state index in [0.29, 0.717) is 25.1 Å². The molecule has 2 heterocycles. The summed E-state index contributed by atoms with van der Waals surface area (Å²) in [5.74, 6) is -0.0767. The average molecular weight is 389 g/mol. The summed E-state index contributed by atoms with van der Waals surface area (Å²) in [6.07, 6.45) is 2.72. The highest BCUT2D eigenvalue weighted by Crippen LogP contribution is 2.46. The van der Waals surface area contributed by atoms with Crippen molar-refractivity contribution in [1.29, 1.82) is 0 Å². The Bertz CT molecular complexity index is 1000. The fourth-order valence-electron chi connectivity index (χ4n) is 4.09. The normalized spacial score (nSPS) is 18.0. The number of para-hydroxylation sites is 1. The minimum atomic E-state index is -0.752. The van der Waals surface area contributed by atoms with Gasteiger partial charge in [0, 0.05) is 25.2 Å².